The number of rotatable bonds is 2. The molecule has 1 atom stereocenters. The van der Waals surface area contributed by atoms with Gasteiger partial charge in [0.15, 0.2) is 0 Å². The first-order chi connectivity index (χ1) is 7.29. The molecule has 0 aromatic heterocycles. The molecule has 0 amide bonds. The van der Waals surface area contributed by atoms with Crippen LogP contribution in [0.25, 0.3) is 0 Å². The van der Waals surface area contributed by atoms with Gasteiger partial charge in [-0.3, -0.25) is 0 Å². The van der Waals surface area contributed by atoms with E-state index in [1.165, 1.54) is 0 Å². The molecule has 0 aliphatic heterocycles. The highest BCUT2D eigenvalue weighted by atomic mass is 16.3. The van der Waals surface area contributed by atoms with Crippen LogP contribution >= 0.6 is 0 Å². The van der Waals surface area contributed by atoms with E-state index in [0.29, 0.717) is 0 Å². The van der Waals surface area contributed by atoms with E-state index < -0.39 is 6.10 Å². The Balaban J connectivity index is 2.37. The van der Waals surface area contributed by atoms with Gasteiger partial charge in [0, 0.05) is 0 Å². The first-order valence-electron chi connectivity index (χ1n) is 4.90. The van der Waals surface area contributed by atoms with Crippen LogP contribution in [0.4, 0.5) is 0 Å². The third-order valence-corrected chi connectivity index (χ3v) is 2.44. The van der Waals surface area contributed by atoms with Gasteiger partial charge in [0.05, 0.1) is 0 Å². The summed E-state index contributed by atoms with van der Waals surface area (Å²) in [5, 5.41) is 12.1. The number of hydrogen-bond acceptors (Lipinski definition) is 0. The third-order valence-electron chi connectivity index (χ3n) is 2.44. The van der Waals surface area contributed by atoms with E-state index in [0.717, 1.165) is 16.7 Å². The van der Waals surface area contributed by atoms with Crippen LogP contribution in [-0.2, 0) is 5.11 Å². The second-order valence-corrected chi connectivity index (χ2v) is 3.49. The van der Waals surface area contributed by atoms with Gasteiger partial charge >= 0.3 is 0 Å². The Labute approximate surface area is 90.0 Å². The Morgan fingerprint density at radius 2 is 1.47 bits per heavy atom. The van der Waals surface area contributed by atoms with E-state index in [-0.39, 0.29) is 0 Å². The van der Waals surface area contributed by atoms with Crippen molar-refractivity contribution in [2.45, 2.75) is 6.10 Å². The Kier molecular flexibility index (Phi) is 2.84. The van der Waals surface area contributed by atoms with Crippen molar-refractivity contribution in [1.29, 1.82) is 0 Å². The van der Waals surface area contributed by atoms with Gasteiger partial charge in [-0.05, 0) is 23.6 Å². The van der Waals surface area contributed by atoms with Crippen LogP contribution in [0.3, 0.4) is 0 Å². The molecule has 2 rings (SSSR count). The Morgan fingerprint density at radius 1 is 0.867 bits per heavy atom. The Morgan fingerprint density at radius 3 is 2.13 bits per heavy atom. The minimum atomic E-state index is -0.833. The predicted molar refractivity (Wildman–Crippen MR) is 59.9 cm³/mol. The van der Waals surface area contributed by atoms with Gasteiger partial charge in [-0.2, -0.15) is 0 Å². The van der Waals surface area contributed by atoms with E-state index in [9.17, 15) is 5.11 Å². The molecule has 0 bridgehead atoms. The molecule has 74 valence electrons. The average Bonchev–Trinajstić information content (AvgIpc) is 2.30. The lowest BCUT2D eigenvalue weighted by atomic mass is 9.98. The van der Waals surface area contributed by atoms with E-state index in [2.05, 4.69) is 6.92 Å². The van der Waals surface area contributed by atoms with Crippen molar-refractivity contribution in [3.63, 3.8) is 0 Å². The Hall–Kier alpha value is -1.60. The fraction of sp³-hybridized carbons (Fsp3) is 0.0714. The minimum Gasteiger partial charge on any atom is -0.223 e. The van der Waals surface area contributed by atoms with E-state index in [4.69, 9.17) is 0 Å². The van der Waals surface area contributed by atoms with Crippen LogP contribution in [0.5, 0.6) is 0 Å². The summed E-state index contributed by atoms with van der Waals surface area (Å²) in [6.45, 7) is 3.87. The molecule has 15 heavy (non-hydrogen) atoms. The monoisotopic (exact) mass is 196 g/mol. The molecule has 2 aromatic carbocycles. The van der Waals surface area contributed by atoms with Gasteiger partial charge < -0.3 is 0 Å². The molecule has 0 fully saturated rings. The van der Waals surface area contributed by atoms with Crippen molar-refractivity contribution in [2.75, 3.05) is 0 Å². The molecule has 1 unspecified atom stereocenters. The van der Waals surface area contributed by atoms with E-state index >= 15 is 0 Å². The molecule has 0 aliphatic carbocycles. The van der Waals surface area contributed by atoms with Crippen LogP contribution in [0.2, 0.25) is 0 Å². The Bertz CT molecular complexity index is 434. The zero-order chi connectivity index (χ0) is 10.7. The molecular weight excluding hydrogens is 184 g/mol. The van der Waals surface area contributed by atoms with Crippen LogP contribution in [-0.4, -0.2) is 0 Å². The first-order valence-corrected chi connectivity index (χ1v) is 4.90. The van der Waals surface area contributed by atoms with Crippen LogP contribution in [0.1, 0.15) is 22.8 Å². The smallest absolute Gasteiger partial charge is 0.143 e. The highest BCUT2D eigenvalue weighted by Gasteiger charge is 2.13. The van der Waals surface area contributed by atoms with E-state index in [1.54, 1.807) is 0 Å². The SMILES string of the molecule is [CH2]c1ccccc1C([O])c1ccccc1. The van der Waals surface area contributed by atoms with Gasteiger partial charge in [-0.15, -0.1) is 0 Å². The molecule has 2 radical (unpaired) electrons. The summed E-state index contributed by atoms with van der Waals surface area (Å²) in [6, 6.07) is 16.8. The van der Waals surface area contributed by atoms with Gasteiger partial charge in [-0.1, -0.05) is 54.6 Å². The second-order valence-electron chi connectivity index (χ2n) is 3.49. The molecule has 0 aliphatic rings. The van der Waals surface area contributed by atoms with Crippen molar-refractivity contribution in [3.05, 3.63) is 78.2 Å². The van der Waals surface area contributed by atoms with Crippen LogP contribution in [0, 0.1) is 6.92 Å². The molecule has 0 saturated heterocycles. The van der Waals surface area contributed by atoms with Crippen molar-refractivity contribution in [2.24, 2.45) is 0 Å². The maximum Gasteiger partial charge on any atom is 0.143 e. The molecule has 1 heteroatoms. The molecule has 0 heterocycles. The van der Waals surface area contributed by atoms with E-state index in [1.807, 2.05) is 54.6 Å². The standard InChI is InChI=1S/C14H12O/c1-11-7-5-6-10-13(11)14(15)12-8-3-2-4-9-12/h2-10,14H,1H2. The molecule has 0 spiro atoms. The lowest BCUT2D eigenvalue weighted by Crippen LogP contribution is -1.99. The zero-order valence-corrected chi connectivity index (χ0v) is 8.39. The minimum absolute atomic E-state index is 0.753. The van der Waals surface area contributed by atoms with Gasteiger partial charge in [0.25, 0.3) is 0 Å². The molecule has 2 aromatic rings. The normalized spacial score (nSPS) is 12.4. The third kappa shape index (κ3) is 2.08. The maximum atomic E-state index is 12.1. The van der Waals surface area contributed by atoms with Crippen molar-refractivity contribution in [3.8, 4) is 0 Å². The fourth-order valence-electron chi connectivity index (χ4n) is 1.60. The summed E-state index contributed by atoms with van der Waals surface area (Å²) in [5.74, 6) is 0. The second kappa shape index (κ2) is 4.28. The molecular formula is C14H12O. The number of hydrogen-bond donors (Lipinski definition) is 0. The lowest BCUT2D eigenvalue weighted by molar-refractivity contribution is 0.124. The summed E-state index contributed by atoms with van der Waals surface area (Å²) in [5.41, 5.74) is 2.35. The lowest BCUT2D eigenvalue weighted by Gasteiger charge is -2.11. The van der Waals surface area contributed by atoms with Gasteiger partial charge in [-0.25, -0.2) is 5.11 Å². The maximum absolute atomic E-state index is 12.1. The van der Waals surface area contributed by atoms with Crippen LogP contribution < -0.4 is 0 Å². The quantitative estimate of drug-likeness (QED) is 0.701. The van der Waals surface area contributed by atoms with Crippen molar-refractivity contribution < 1.29 is 5.11 Å². The van der Waals surface area contributed by atoms with Gasteiger partial charge in [0.2, 0.25) is 0 Å². The number of benzene rings is 2. The summed E-state index contributed by atoms with van der Waals surface area (Å²) in [7, 11) is 0. The topological polar surface area (TPSA) is 19.9 Å². The summed E-state index contributed by atoms with van der Waals surface area (Å²) < 4.78 is 0. The molecule has 1 nitrogen and oxygen atoms in total. The fourth-order valence-corrected chi connectivity index (χ4v) is 1.60. The highest BCUT2D eigenvalue weighted by Crippen LogP contribution is 2.24. The highest BCUT2D eigenvalue weighted by molar-refractivity contribution is 5.36. The predicted octanol–water partition coefficient (Wildman–Crippen LogP) is 3.39. The van der Waals surface area contributed by atoms with Crippen LogP contribution in [0.15, 0.2) is 54.6 Å². The van der Waals surface area contributed by atoms with Crippen molar-refractivity contribution >= 4 is 0 Å². The first kappa shape index (κ1) is 9.94. The largest absolute Gasteiger partial charge is 0.223 e. The van der Waals surface area contributed by atoms with Gasteiger partial charge in [0.1, 0.15) is 6.10 Å². The average molecular weight is 196 g/mol. The summed E-state index contributed by atoms with van der Waals surface area (Å²) >= 11 is 0. The summed E-state index contributed by atoms with van der Waals surface area (Å²) in [6.07, 6.45) is -0.833. The zero-order valence-electron chi connectivity index (χ0n) is 8.39. The summed E-state index contributed by atoms with van der Waals surface area (Å²) in [4.78, 5) is 0. The van der Waals surface area contributed by atoms with Crippen molar-refractivity contribution in [1.82, 2.24) is 0 Å². The molecule has 0 N–H and O–H groups in total. The molecule has 0 saturated carbocycles.